The minimum atomic E-state index is 0.674. The minimum absolute atomic E-state index is 0.674. The number of rotatable bonds is 6. The molecular weight excluding hydrogens is 198 g/mol. The highest BCUT2D eigenvalue weighted by Gasteiger charge is 2.23. The van der Waals surface area contributed by atoms with Crippen LogP contribution >= 0.6 is 0 Å². The molecule has 0 aliphatic carbocycles. The van der Waals surface area contributed by atoms with Crippen LogP contribution in [0.5, 0.6) is 0 Å². The van der Waals surface area contributed by atoms with Gasteiger partial charge >= 0.3 is 0 Å². The highest BCUT2D eigenvalue weighted by Crippen LogP contribution is 2.09. The standard InChI is InChI=1S/C13H29N3/c1-5-6-7-14-10-12(2)16-9-8-15(4)13(3)11-16/h12-14H,5-11H2,1-4H3. The minimum Gasteiger partial charge on any atom is -0.315 e. The van der Waals surface area contributed by atoms with Crippen LogP contribution in [0.25, 0.3) is 0 Å². The maximum absolute atomic E-state index is 3.55. The second kappa shape index (κ2) is 7.25. The summed E-state index contributed by atoms with van der Waals surface area (Å²) in [4.78, 5) is 5.07. The highest BCUT2D eigenvalue weighted by molar-refractivity contribution is 4.80. The summed E-state index contributed by atoms with van der Waals surface area (Å²) < 4.78 is 0. The molecule has 1 fully saturated rings. The van der Waals surface area contributed by atoms with Crippen LogP contribution in [0.3, 0.4) is 0 Å². The van der Waals surface area contributed by atoms with Gasteiger partial charge in [-0.15, -0.1) is 0 Å². The molecule has 1 rings (SSSR count). The van der Waals surface area contributed by atoms with Crippen molar-refractivity contribution in [2.24, 2.45) is 0 Å². The quantitative estimate of drug-likeness (QED) is 0.692. The van der Waals surface area contributed by atoms with Crippen molar-refractivity contribution in [2.75, 3.05) is 39.8 Å². The Balaban J connectivity index is 2.18. The van der Waals surface area contributed by atoms with E-state index in [1.165, 1.54) is 39.0 Å². The molecule has 0 aromatic rings. The molecule has 0 amide bonds. The summed E-state index contributed by atoms with van der Waals surface area (Å²) in [6.07, 6.45) is 2.58. The third kappa shape index (κ3) is 4.40. The zero-order valence-corrected chi connectivity index (χ0v) is 11.5. The molecule has 1 heterocycles. The molecule has 0 aromatic carbocycles. The van der Waals surface area contributed by atoms with Gasteiger partial charge in [-0.1, -0.05) is 13.3 Å². The number of hydrogen-bond donors (Lipinski definition) is 1. The molecule has 2 atom stereocenters. The molecule has 1 saturated heterocycles. The summed E-state index contributed by atoms with van der Waals surface area (Å²) in [7, 11) is 2.23. The molecule has 3 heteroatoms. The number of hydrogen-bond acceptors (Lipinski definition) is 3. The third-order valence-corrected chi connectivity index (χ3v) is 3.76. The first-order valence-electron chi connectivity index (χ1n) is 6.80. The maximum atomic E-state index is 3.55. The number of unbranched alkanes of at least 4 members (excludes halogenated alkanes) is 1. The monoisotopic (exact) mass is 227 g/mol. The Kier molecular flexibility index (Phi) is 6.32. The molecule has 1 aliphatic heterocycles. The van der Waals surface area contributed by atoms with Crippen molar-refractivity contribution in [3.05, 3.63) is 0 Å². The molecule has 2 unspecified atom stereocenters. The van der Waals surface area contributed by atoms with Gasteiger partial charge in [-0.3, -0.25) is 4.90 Å². The summed E-state index contributed by atoms with van der Waals surface area (Å²) in [6, 6.07) is 1.37. The van der Waals surface area contributed by atoms with Crippen molar-refractivity contribution in [1.82, 2.24) is 15.1 Å². The summed E-state index contributed by atoms with van der Waals surface area (Å²) in [6.45, 7) is 12.9. The van der Waals surface area contributed by atoms with Crippen LogP contribution in [0.4, 0.5) is 0 Å². The summed E-state index contributed by atoms with van der Waals surface area (Å²) >= 11 is 0. The van der Waals surface area contributed by atoms with Crippen LogP contribution in [0.2, 0.25) is 0 Å². The third-order valence-electron chi connectivity index (χ3n) is 3.76. The summed E-state index contributed by atoms with van der Waals surface area (Å²) in [5.74, 6) is 0. The summed E-state index contributed by atoms with van der Waals surface area (Å²) in [5.41, 5.74) is 0. The Hall–Kier alpha value is -0.120. The fraction of sp³-hybridized carbons (Fsp3) is 1.00. The lowest BCUT2D eigenvalue weighted by Crippen LogP contribution is -2.54. The predicted octanol–water partition coefficient (Wildman–Crippen LogP) is 1.40. The van der Waals surface area contributed by atoms with Crippen LogP contribution < -0.4 is 5.32 Å². The van der Waals surface area contributed by atoms with E-state index in [-0.39, 0.29) is 0 Å². The van der Waals surface area contributed by atoms with E-state index in [0.717, 1.165) is 6.54 Å². The molecular formula is C13H29N3. The zero-order valence-electron chi connectivity index (χ0n) is 11.5. The molecule has 1 aliphatic rings. The number of nitrogens with one attached hydrogen (secondary N) is 1. The average molecular weight is 227 g/mol. The van der Waals surface area contributed by atoms with Gasteiger partial charge in [0.25, 0.3) is 0 Å². The van der Waals surface area contributed by atoms with Gasteiger partial charge in [-0.25, -0.2) is 0 Å². The highest BCUT2D eigenvalue weighted by atomic mass is 15.3. The summed E-state index contributed by atoms with van der Waals surface area (Å²) in [5, 5.41) is 3.55. The molecule has 0 radical (unpaired) electrons. The molecule has 0 aromatic heterocycles. The van der Waals surface area contributed by atoms with Crippen molar-refractivity contribution in [3.8, 4) is 0 Å². The van der Waals surface area contributed by atoms with Crippen molar-refractivity contribution >= 4 is 0 Å². The Bertz CT molecular complexity index is 184. The molecule has 96 valence electrons. The first-order valence-corrected chi connectivity index (χ1v) is 6.80. The van der Waals surface area contributed by atoms with Gasteiger partial charge in [-0.2, -0.15) is 0 Å². The second-order valence-corrected chi connectivity index (χ2v) is 5.23. The molecule has 0 saturated carbocycles. The first kappa shape index (κ1) is 13.9. The SMILES string of the molecule is CCCCNCC(C)N1CCN(C)C(C)C1. The van der Waals surface area contributed by atoms with Crippen molar-refractivity contribution in [2.45, 2.75) is 45.7 Å². The average Bonchev–Trinajstić information content (AvgIpc) is 2.28. The Labute approximate surface area is 101 Å². The van der Waals surface area contributed by atoms with Gasteiger partial charge in [0.05, 0.1) is 0 Å². The van der Waals surface area contributed by atoms with E-state index in [4.69, 9.17) is 0 Å². The van der Waals surface area contributed by atoms with E-state index < -0.39 is 0 Å². The number of nitrogens with zero attached hydrogens (tertiary/aromatic N) is 2. The fourth-order valence-electron chi connectivity index (χ4n) is 2.22. The molecule has 16 heavy (non-hydrogen) atoms. The van der Waals surface area contributed by atoms with Crippen LogP contribution in [0.15, 0.2) is 0 Å². The maximum Gasteiger partial charge on any atom is 0.0193 e. The van der Waals surface area contributed by atoms with Crippen LogP contribution in [0.1, 0.15) is 33.6 Å². The van der Waals surface area contributed by atoms with E-state index in [1.54, 1.807) is 0 Å². The Morgan fingerprint density at radius 1 is 1.38 bits per heavy atom. The normalized spacial score (nSPS) is 25.9. The number of likely N-dealkylation sites (N-methyl/N-ethyl adjacent to an activating group) is 1. The second-order valence-electron chi connectivity index (χ2n) is 5.23. The first-order chi connectivity index (χ1) is 7.65. The zero-order chi connectivity index (χ0) is 12.0. The molecule has 3 nitrogen and oxygen atoms in total. The van der Waals surface area contributed by atoms with E-state index in [2.05, 4.69) is 42.9 Å². The van der Waals surface area contributed by atoms with Crippen LogP contribution in [0, 0.1) is 0 Å². The molecule has 0 bridgehead atoms. The molecule has 0 spiro atoms. The predicted molar refractivity (Wildman–Crippen MR) is 70.9 cm³/mol. The van der Waals surface area contributed by atoms with Crippen LogP contribution in [-0.4, -0.2) is 61.7 Å². The van der Waals surface area contributed by atoms with E-state index in [0.29, 0.717) is 12.1 Å². The van der Waals surface area contributed by atoms with E-state index in [9.17, 15) is 0 Å². The largest absolute Gasteiger partial charge is 0.315 e. The van der Waals surface area contributed by atoms with Crippen molar-refractivity contribution in [1.29, 1.82) is 0 Å². The van der Waals surface area contributed by atoms with Gasteiger partial charge in [0.1, 0.15) is 0 Å². The van der Waals surface area contributed by atoms with E-state index >= 15 is 0 Å². The van der Waals surface area contributed by atoms with Gasteiger partial charge < -0.3 is 10.2 Å². The van der Waals surface area contributed by atoms with E-state index in [1.807, 2.05) is 0 Å². The Morgan fingerprint density at radius 2 is 2.12 bits per heavy atom. The Morgan fingerprint density at radius 3 is 2.75 bits per heavy atom. The lowest BCUT2D eigenvalue weighted by molar-refractivity contribution is 0.0773. The van der Waals surface area contributed by atoms with Crippen LogP contribution in [-0.2, 0) is 0 Å². The lowest BCUT2D eigenvalue weighted by atomic mass is 10.1. The fourth-order valence-corrected chi connectivity index (χ4v) is 2.22. The van der Waals surface area contributed by atoms with Crippen molar-refractivity contribution < 1.29 is 0 Å². The number of piperazine rings is 1. The topological polar surface area (TPSA) is 18.5 Å². The van der Waals surface area contributed by atoms with Gasteiger partial charge in [0, 0.05) is 38.3 Å². The molecule has 1 N–H and O–H groups in total. The van der Waals surface area contributed by atoms with Gasteiger partial charge in [0.2, 0.25) is 0 Å². The smallest absolute Gasteiger partial charge is 0.0193 e. The lowest BCUT2D eigenvalue weighted by Gasteiger charge is -2.40. The van der Waals surface area contributed by atoms with Crippen molar-refractivity contribution in [3.63, 3.8) is 0 Å². The van der Waals surface area contributed by atoms with Gasteiger partial charge in [-0.05, 0) is 33.9 Å². The van der Waals surface area contributed by atoms with Gasteiger partial charge in [0.15, 0.2) is 0 Å².